The molecule has 22 heavy (non-hydrogen) atoms. The highest BCUT2D eigenvalue weighted by molar-refractivity contribution is 5.73. The zero-order valence-electron chi connectivity index (χ0n) is 14.0. The van der Waals surface area contributed by atoms with Gasteiger partial charge in [-0.1, -0.05) is 26.0 Å². The molecule has 0 saturated carbocycles. The van der Waals surface area contributed by atoms with Gasteiger partial charge in [0.25, 0.3) is 0 Å². The van der Waals surface area contributed by atoms with E-state index in [1.165, 1.54) is 5.56 Å². The van der Waals surface area contributed by atoms with Crippen LogP contribution in [0.1, 0.15) is 32.8 Å². The standard InChI is InChI=1S/C17H28N2O3/c1-13(2)17(3,21)12-19-16(20)18-10-6-8-14-7-5-9-15(11-14)22-4/h5,7,9,11,13,21H,6,8,10,12H2,1-4H3,(H2,18,19,20). The van der Waals surface area contributed by atoms with Crippen molar-refractivity contribution in [2.45, 2.75) is 39.2 Å². The highest BCUT2D eigenvalue weighted by Gasteiger charge is 2.25. The summed E-state index contributed by atoms with van der Waals surface area (Å²) in [4.78, 5) is 11.7. The zero-order valence-corrected chi connectivity index (χ0v) is 14.0. The largest absolute Gasteiger partial charge is 0.497 e. The first-order valence-electron chi connectivity index (χ1n) is 7.72. The van der Waals surface area contributed by atoms with Gasteiger partial charge in [0.2, 0.25) is 0 Å². The van der Waals surface area contributed by atoms with Crippen molar-refractivity contribution in [2.24, 2.45) is 5.92 Å². The Kier molecular flexibility index (Phi) is 7.18. The van der Waals surface area contributed by atoms with Crippen LogP contribution in [0.2, 0.25) is 0 Å². The van der Waals surface area contributed by atoms with E-state index in [2.05, 4.69) is 10.6 Å². The SMILES string of the molecule is COc1cccc(CCCNC(=O)NCC(C)(O)C(C)C)c1. The first-order chi connectivity index (χ1) is 10.3. The average Bonchev–Trinajstić information content (AvgIpc) is 2.49. The van der Waals surface area contributed by atoms with Gasteiger partial charge >= 0.3 is 6.03 Å². The average molecular weight is 308 g/mol. The van der Waals surface area contributed by atoms with Gasteiger partial charge in [0.1, 0.15) is 5.75 Å². The van der Waals surface area contributed by atoms with Crippen LogP contribution in [0.4, 0.5) is 4.79 Å². The molecular weight excluding hydrogens is 280 g/mol. The number of methoxy groups -OCH3 is 1. The Balaban J connectivity index is 2.22. The van der Waals surface area contributed by atoms with Crippen LogP contribution in [-0.2, 0) is 6.42 Å². The number of benzene rings is 1. The van der Waals surface area contributed by atoms with Gasteiger partial charge in [0.05, 0.1) is 12.7 Å². The number of nitrogens with one attached hydrogen (secondary N) is 2. The lowest BCUT2D eigenvalue weighted by Gasteiger charge is -2.27. The molecule has 0 heterocycles. The molecule has 0 aliphatic carbocycles. The summed E-state index contributed by atoms with van der Waals surface area (Å²) < 4.78 is 5.18. The van der Waals surface area contributed by atoms with Crippen LogP contribution in [0.3, 0.4) is 0 Å². The van der Waals surface area contributed by atoms with Crippen molar-refractivity contribution in [3.8, 4) is 5.75 Å². The molecule has 0 bridgehead atoms. The summed E-state index contributed by atoms with van der Waals surface area (Å²) in [6.45, 7) is 6.40. The molecule has 5 heteroatoms. The van der Waals surface area contributed by atoms with Crippen LogP contribution >= 0.6 is 0 Å². The third-order valence-corrected chi connectivity index (χ3v) is 3.91. The van der Waals surface area contributed by atoms with Crippen LogP contribution in [0.5, 0.6) is 5.75 Å². The van der Waals surface area contributed by atoms with E-state index in [0.29, 0.717) is 6.54 Å². The topological polar surface area (TPSA) is 70.6 Å². The van der Waals surface area contributed by atoms with Crippen molar-refractivity contribution < 1.29 is 14.6 Å². The van der Waals surface area contributed by atoms with Crippen LogP contribution in [0.15, 0.2) is 24.3 Å². The number of hydrogen-bond donors (Lipinski definition) is 3. The zero-order chi connectivity index (χ0) is 16.6. The molecule has 2 amide bonds. The van der Waals surface area contributed by atoms with E-state index in [1.807, 2.05) is 38.1 Å². The molecule has 1 aromatic carbocycles. The summed E-state index contributed by atoms with van der Waals surface area (Å²) in [5.41, 5.74) is 0.294. The highest BCUT2D eigenvalue weighted by atomic mass is 16.5. The number of carbonyl (C=O) groups excluding carboxylic acids is 1. The van der Waals surface area contributed by atoms with E-state index in [-0.39, 0.29) is 18.5 Å². The van der Waals surface area contributed by atoms with Crippen molar-refractivity contribution in [2.75, 3.05) is 20.2 Å². The number of aliphatic hydroxyl groups is 1. The number of amides is 2. The van der Waals surface area contributed by atoms with E-state index in [4.69, 9.17) is 4.74 Å². The van der Waals surface area contributed by atoms with Gasteiger partial charge < -0.3 is 20.5 Å². The van der Waals surface area contributed by atoms with Crippen molar-refractivity contribution in [3.05, 3.63) is 29.8 Å². The molecule has 1 unspecified atom stereocenters. The van der Waals surface area contributed by atoms with Crippen molar-refractivity contribution in [3.63, 3.8) is 0 Å². The maximum atomic E-state index is 11.7. The van der Waals surface area contributed by atoms with Gasteiger partial charge in [-0.25, -0.2) is 4.79 Å². The van der Waals surface area contributed by atoms with Crippen molar-refractivity contribution >= 4 is 6.03 Å². The highest BCUT2D eigenvalue weighted by Crippen LogP contribution is 2.14. The molecule has 0 fully saturated rings. The van der Waals surface area contributed by atoms with Gasteiger partial charge in [-0.15, -0.1) is 0 Å². The Morgan fingerprint density at radius 2 is 2.09 bits per heavy atom. The van der Waals surface area contributed by atoms with Crippen molar-refractivity contribution in [1.82, 2.24) is 10.6 Å². The molecule has 0 saturated heterocycles. The smallest absolute Gasteiger partial charge is 0.314 e. The summed E-state index contributed by atoms with van der Waals surface area (Å²) in [7, 11) is 1.65. The first-order valence-corrected chi connectivity index (χ1v) is 7.72. The lowest BCUT2D eigenvalue weighted by atomic mass is 9.93. The summed E-state index contributed by atoms with van der Waals surface area (Å²) >= 11 is 0. The Hall–Kier alpha value is -1.75. The molecule has 5 nitrogen and oxygen atoms in total. The molecule has 1 atom stereocenters. The second-order valence-corrected chi connectivity index (χ2v) is 6.08. The molecule has 124 valence electrons. The fourth-order valence-corrected chi connectivity index (χ4v) is 1.85. The molecule has 0 aliphatic rings. The molecule has 0 spiro atoms. The fraction of sp³-hybridized carbons (Fsp3) is 0.588. The summed E-state index contributed by atoms with van der Waals surface area (Å²) in [6.07, 6.45) is 1.72. The summed E-state index contributed by atoms with van der Waals surface area (Å²) in [5.74, 6) is 0.931. The molecule has 0 radical (unpaired) electrons. The maximum Gasteiger partial charge on any atom is 0.314 e. The summed E-state index contributed by atoms with van der Waals surface area (Å²) in [6, 6.07) is 7.67. The molecule has 3 N–H and O–H groups in total. The molecule has 0 aromatic heterocycles. The molecule has 1 aromatic rings. The van der Waals surface area contributed by atoms with Crippen LogP contribution in [0.25, 0.3) is 0 Å². The van der Waals surface area contributed by atoms with E-state index >= 15 is 0 Å². The number of hydrogen-bond acceptors (Lipinski definition) is 3. The Morgan fingerprint density at radius 1 is 1.36 bits per heavy atom. The van der Waals surface area contributed by atoms with Gasteiger partial charge in [0, 0.05) is 13.1 Å². The Labute approximate surface area is 133 Å². The Bertz CT molecular complexity index is 473. The Morgan fingerprint density at radius 3 is 2.73 bits per heavy atom. The van der Waals surface area contributed by atoms with E-state index in [1.54, 1.807) is 14.0 Å². The number of rotatable bonds is 8. The lowest BCUT2D eigenvalue weighted by Crippen LogP contribution is -2.47. The molecule has 1 rings (SSSR count). The van der Waals surface area contributed by atoms with Gasteiger partial charge in [0.15, 0.2) is 0 Å². The van der Waals surface area contributed by atoms with E-state index in [9.17, 15) is 9.90 Å². The van der Waals surface area contributed by atoms with E-state index < -0.39 is 5.60 Å². The quantitative estimate of drug-likeness (QED) is 0.646. The lowest BCUT2D eigenvalue weighted by molar-refractivity contribution is 0.0166. The van der Waals surface area contributed by atoms with E-state index in [0.717, 1.165) is 18.6 Å². The third-order valence-electron chi connectivity index (χ3n) is 3.91. The number of urea groups is 1. The number of ether oxygens (including phenoxy) is 1. The minimum atomic E-state index is -0.891. The third kappa shape index (κ3) is 6.35. The van der Waals surface area contributed by atoms with Gasteiger partial charge in [-0.2, -0.15) is 0 Å². The molecule has 0 aliphatic heterocycles. The fourth-order valence-electron chi connectivity index (χ4n) is 1.85. The van der Waals surface area contributed by atoms with Gasteiger partial charge in [-0.3, -0.25) is 0 Å². The first kappa shape index (κ1) is 18.3. The van der Waals surface area contributed by atoms with Crippen LogP contribution in [-0.4, -0.2) is 36.9 Å². The van der Waals surface area contributed by atoms with Gasteiger partial charge in [-0.05, 0) is 43.4 Å². The normalized spacial score (nSPS) is 13.5. The predicted molar refractivity (Wildman–Crippen MR) is 88.2 cm³/mol. The number of carbonyl (C=O) groups is 1. The van der Waals surface area contributed by atoms with Crippen LogP contribution in [0, 0.1) is 5.92 Å². The molecular formula is C17H28N2O3. The minimum Gasteiger partial charge on any atom is -0.497 e. The monoisotopic (exact) mass is 308 g/mol. The minimum absolute atomic E-state index is 0.0841. The van der Waals surface area contributed by atoms with Crippen molar-refractivity contribution in [1.29, 1.82) is 0 Å². The predicted octanol–water partition coefficient (Wildman–Crippen LogP) is 2.33. The second-order valence-electron chi connectivity index (χ2n) is 6.08. The van der Waals surface area contributed by atoms with Crippen LogP contribution < -0.4 is 15.4 Å². The second kappa shape index (κ2) is 8.63. The maximum absolute atomic E-state index is 11.7. The summed E-state index contributed by atoms with van der Waals surface area (Å²) in [5, 5.41) is 15.6. The number of aryl methyl sites for hydroxylation is 1.